The number of rotatable bonds is 1. The van der Waals surface area contributed by atoms with Crippen LogP contribution in [0.15, 0.2) is 84.9 Å². The van der Waals surface area contributed by atoms with Crippen LogP contribution in [0.1, 0.15) is 5.56 Å². The molecule has 0 atom stereocenters. The molecule has 0 saturated carbocycles. The highest BCUT2D eigenvalue weighted by Gasteiger charge is 1.94. The summed E-state index contributed by atoms with van der Waals surface area (Å²) in [6.07, 6.45) is 3.25. The average molecular weight is 257 g/mol. The standard InChI is InChI=1S/C10H8.C9H7N/c1-2-5-9-7-4-8-10(9)6-3-1;10-8-4-7-9-5-2-1-3-6-9/h1-8H;1-7H. The van der Waals surface area contributed by atoms with Gasteiger partial charge in [0.2, 0.25) is 0 Å². The predicted molar refractivity (Wildman–Crippen MR) is 84.2 cm³/mol. The van der Waals surface area contributed by atoms with Crippen molar-refractivity contribution in [3.63, 3.8) is 0 Å². The lowest BCUT2D eigenvalue weighted by Crippen LogP contribution is -1.65. The lowest BCUT2D eigenvalue weighted by atomic mass is 10.2. The summed E-state index contributed by atoms with van der Waals surface area (Å²) in [4.78, 5) is 0. The highest BCUT2D eigenvalue weighted by atomic mass is 14.2. The largest absolute Gasteiger partial charge is 0.193 e. The van der Waals surface area contributed by atoms with Crippen molar-refractivity contribution in [2.45, 2.75) is 0 Å². The molecule has 0 radical (unpaired) electrons. The molecule has 96 valence electrons. The second-order valence-electron chi connectivity index (χ2n) is 4.22. The zero-order valence-corrected chi connectivity index (χ0v) is 11.1. The lowest BCUT2D eigenvalue weighted by Gasteiger charge is -1.86. The number of benzene rings is 1. The molecule has 0 aliphatic heterocycles. The van der Waals surface area contributed by atoms with Crippen LogP contribution in [0.5, 0.6) is 0 Å². The van der Waals surface area contributed by atoms with Gasteiger partial charge in [0.1, 0.15) is 0 Å². The summed E-state index contributed by atoms with van der Waals surface area (Å²) in [7, 11) is 0. The molecule has 0 unspecified atom stereocenters. The topological polar surface area (TPSA) is 23.8 Å². The zero-order valence-electron chi connectivity index (χ0n) is 11.1. The number of fused-ring (bicyclic) bond motifs is 1. The highest BCUT2D eigenvalue weighted by molar-refractivity contribution is 5.65. The van der Waals surface area contributed by atoms with E-state index in [1.807, 2.05) is 42.5 Å². The van der Waals surface area contributed by atoms with E-state index in [2.05, 4.69) is 42.5 Å². The Bertz CT molecular complexity index is 650. The van der Waals surface area contributed by atoms with Crippen molar-refractivity contribution >= 4 is 6.08 Å². The smallest absolute Gasteiger partial charge is 0.0912 e. The fourth-order valence-electron chi connectivity index (χ4n) is 1.83. The van der Waals surface area contributed by atoms with Gasteiger partial charge in [0, 0.05) is 6.08 Å². The summed E-state index contributed by atoms with van der Waals surface area (Å²) in [6.45, 7) is 0. The van der Waals surface area contributed by atoms with Crippen molar-refractivity contribution in [3.8, 4) is 17.2 Å². The number of allylic oxidation sites excluding steroid dienone is 1. The first-order chi connectivity index (χ1) is 9.90. The molecular formula is C19H15N. The minimum atomic E-state index is 1.06. The van der Waals surface area contributed by atoms with Gasteiger partial charge in [-0.1, -0.05) is 78.9 Å². The minimum absolute atomic E-state index is 1.06. The first-order valence-electron chi connectivity index (χ1n) is 6.45. The van der Waals surface area contributed by atoms with Crippen molar-refractivity contribution in [2.24, 2.45) is 0 Å². The maximum Gasteiger partial charge on any atom is 0.0912 e. The van der Waals surface area contributed by atoms with E-state index in [0.29, 0.717) is 0 Å². The van der Waals surface area contributed by atoms with Crippen LogP contribution in [0, 0.1) is 11.3 Å². The number of hydrogen-bond acceptors (Lipinski definition) is 1. The number of hydrogen-bond donors (Lipinski definition) is 0. The molecule has 0 saturated heterocycles. The Morgan fingerprint density at radius 3 is 1.70 bits per heavy atom. The van der Waals surface area contributed by atoms with Crippen LogP contribution in [0.4, 0.5) is 0 Å². The van der Waals surface area contributed by atoms with Gasteiger partial charge in [-0.2, -0.15) is 5.26 Å². The van der Waals surface area contributed by atoms with E-state index >= 15 is 0 Å². The van der Waals surface area contributed by atoms with Gasteiger partial charge in [-0.15, -0.1) is 0 Å². The normalized spacial score (nSPS) is 9.75. The van der Waals surface area contributed by atoms with Gasteiger partial charge < -0.3 is 0 Å². The third-order valence-electron chi connectivity index (χ3n) is 2.81. The summed E-state index contributed by atoms with van der Waals surface area (Å²) >= 11 is 0. The van der Waals surface area contributed by atoms with E-state index in [0.717, 1.165) is 5.56 Å². The molecule has 0 amide bonds. The zero-order chi connectivity index (χ0) is 14.0. The van der Waals surface area contributed by atoms with Gasteiger partial charge in [-0.05, 0) is 22.8 Å². The van der Waals surface area contributed by atoms with Crippen molar-refractivity contribution in [1.82, 2.24) is 0 Å². The number of nitriles is 1. The Labute approximate surface area is 119 Å². The number of nitrogens with zero attached hydrogens (tertiary/aromatic N) is 1. The molecule has 1 aromatic rings. The molecule has 3 rings (SSSR count). The Morgan fingerprint density at radius 1 is 0.650 bits per heavy atom. The average Bonchev–Trinajstić information content (AvgIpc) is 2.83. The van der Waals surface area contributed by atoms with Gasteiger partial charge in [-0.25, -0.2) is 0 Å². The Hall–Kier alpha value is -2.85. The second-order valence-corrected chi connectivity index (χ2v) is 4.22. The molecule has 0 spiro atoms. The molecule has 0 aromatic heterocycles. The molecule has 1 heteroatoms. The van der Waals surface area contributed by atoms with Crippen LogP contribution in [0.2, 0.25) is 0 Å². The quantitative estimate of drug-likeness (QED) is 0.562. The monoisotopic (exact) mass is 257 g/mol. The SMILES string of the molecule is N#CC=Cc1ccccc1.c1ccc2cccc-2cc1. The minimum Gasteiger partial charge on any atom is -0.193 e. The van der Waals surface area contributed by atoms with E-state index in [4.69, 9.17) is 5.26 Å². The van der Waals surface area contributed by atoms with Crippen LogP contribution in [0.3, 0.4) is 0 Å². The van der Waals surface area contributed by atoms with E-state index in [9.17, 15) is 0 Å². The third-order valence-corrected chi connectivity index (χ3v) is 2.81. The first-order valence-corrected chi connectivity index (χ1v) is 6.45. The van der Waals surface area contributed by atoms with Crippen LogP contribution in [-0.4, -0.2) is 0 Å². The fraction of sp³-hybridized carbons (Fsp3) is 0. The van der Waals surface area contributed by atoms with Crippen LogP contribution < -0.4 is 0 Å². The van der Waals surface area contributed by atoms with Crippen molar-refractivity contribution in [2.75, 3.05) is 0 Å². The van der Waals surface area contributed by atoms with Crippen molar-refractivity contribution in [3.05, 3.63) is 90.5 Å². The van der Waals surface area contributed by atoms with Crippen LogP contribution in [-0.2, 0) is 0 Å². The molecule has 2 aliphatic carbocycles. The van der Waals surface area contributed by atoms with Crippen molar-refractivity contribution < 1.29 is 0 Å². The summed E-state index contributed by atoms with van der Waals surface area (Å²) < 4.78 is 0. The molecule has 1 nitrogen and oxygen atoms in total. The van der Waals surface area contributed by atoms with Crippen molar-refractivity contribution in [1.29, 1.82) is 5.26 Å². The van der Waals surface area contributed by atoms with Crippen LogP contribution in [0.25, 0.3) is 17.2 Å². The predicted octanol–water partition coefficient (Wildman–Crippen LogP) is 5.01. The van der Waals surface area contributed by atoms with Gasteiger partial charge in [0.15, 0.2) is 0 Å². The Kier molecular flexibility index (Phi) is 5.13. The third kappa shape index (κ3) is 4.12. The van der Waals surface area contributed by atoms with E-state index in [-0.39, 0.29) is 0 Å². The first kappa shape index (κ1) is 13.6. The lowest BCUT2D eigenvalue weighted by molar-refractivity contribution is 1.54. The molecule has 0 heterocycles. The molecular weight excluding hydrogens is 242 g/mol. The highest BCUT2D eigenvalue weighted by Crippen LogP contribution is 2.19. The molecule has 2 aliphatic rings. The molecule has 0 N–H and O–H groups in total. The second kappa shape index (κ2) is 7.56. The Balaban J connectivity index is 0.000000147. The molecule has 0 fully saturated rings. The van der Waals surface area contributed by atoms with Gasteiger partial charge in [0.05, 0.1) is 6.07 Å². The summed E-state index contributed by atoms with van der Waals surface area (Å²) in [5, 5.41) is 8.19. The van der Waals surface area contributed by atoms with Gasteiger partial charge >= 0.3 is 0 Å². The molecule has 20 heavy (non-hydrogen) atoms. The fourth-order valence-corrected chi connectivity index (χ4v) is 1.83. The Morgan fingerprint density at radius 2 is 1.15 bits per heavy atom. The summed E-state index contributed by atoms with van der Waals surface area (Å²) in [5.41, 5.74) is 3.68. The van der Waals surface area contributed by atoms with Gasteiger partial charge in [-0.3, -0.25) is 0 Å². The summed E-state index contributed by atoms with van der Waals surface area (Å²) in [5.74, 6) is 0. The van der Waals surface area contributed by atoms with Crippen LogP contribution >= 0.6 is 0 Å². The van der Waals surface area contributed by atoms with E-state index < -0.39 is 0 Å². The maximum absolute atomic E-state index is 8.19. The molecule has 0 bridgehead atoms. The molecule has 1 aromatic carbocycles. The maximum atomic E-state index is 8.19. The van der Waals surface area contributed by atoms with E-state index in [1.165, 1.54) is 17.2 Å². The van der Waals surface area contributed by atoms with Gasteiger partial charge in [0.25, 0.3) is 0 Å². The summed E-state index contributed by atoms with van der Waals surface area (Å²) in [6, 6.07) is 28.4. The van der Waals surface area contributed by atoms with E-state index in [1.54, 1.807) is 6.08 Å².